The topological polar surface area (TPSA) is 107 Å². The predicted octanol–water partition coefficient (Wildman–Crippen LogP) is 6.18. The largest absolute Gasteiger partial charge is 0.497 e. The molecule has 4 aliphatic rings. The number of Topliss-reactive ketones (excluding diaryl/α,β-unsaturated/α-hetero) is 2. The summed E-state index contributed by atoms with van der Waals surface area (Å²) in [6.07, 6.45) is -13.6. The molecule has 1 aromatic carbocycles. The fraction of sp³-hybridized carbons (Fsp3) is 0.407. The van der Waals surface area contributed by atoms with Crippen LogP contribution in [0.3, 0.4) is 0 Å². The number of fused-ring (bicyclic) bond motifs is 6. The Morgan fingerprint density at radius 1 is 0.889 bits per heavy atom. The predicted molar refractivity (Wildman–Crippen MR) is 132 cm³/mol. The first-order valence-electron chi connectivity index (χ1n) is 12.5. The number of aromatic nitrogens is 4. The van der Waals surface area contributed by atoms with Gasteiger partial charge in [0.2, 0.25) is 6.29 Å². The molecule has 0 spiro atoms. The summed E-state index contributed by atoms with van der Waals surface area (Å²) < 4.78 is 114. The van der Waals surface area contributed by atoms with Crippen LogP contribution in [-0.4, -0.2) is 51.1 Å². The monoisotopic (exact) mass is 688 g/mol. The van der Waals surface area contributed by atoms with Crippen LogP contribution in [0.1, 0.15) is 73.7 Å². The third kappa shape index (κ3) is 6.98. The quantitative estimate of drug-likeness (QED) is 0.200. The molecule has 3 aromatic rings. The number of ether oxygens (including phenoxy) is 1. The smallest absolute Gasteiger partial charge is 0.446 e. The van der Waals surface area contributed by atoms with Crippen molar-refractivity contribution in [2.75, 3.05) is 7.11 Å². The molecule has 0 bridgehead atoms. The molecule has 2 fully saturated rings. The van der Waals surface area contributed by atoms with E-state index in [2.05, 4.69) is 10.2 Å². The molecule has 0 saturated heterocycles. The number of carbonyl (C=O) groups excluding carboxylic acids is 3. The molecule has 1 radical (unpaired) electrons. The van der Waals surface area contributed by atoms with E-state index in [1.807, 2.05) is 5.10 Å². The SMILES string of the molecule is COc1ccc(Cn2nc(C(F)(F)F)c3c2C(=O)[C@@H]2C[C@H]32)cc1.O=C1c2n[nH]c(C(F)(F)F)c2[C@H]2C[C@@H]12.O=CC(F)(F)F.[CH3-].[V]. The van der Waals surface area contributed by atoms with Gasteiger partial charge in [-0.05, 0) is 42.4 Å². The molecule has 0 aliphatic heterocycles. The maximum Gasteiger partial charge on any atom is 0.446 e. The second-order valence-electron chi connectivity index (χ2n) is 10.3. The Morgan fingerprint density at radius 2 is 1.42 bits per heavy atom. The van der Waals surface area contributed by atoms with Gasteiger partial charge in [0.15, 0.2) is 17.3 Å². The number of ketones is 2. The minimum atomic E-state index is -4.64. The number of aldehydes is 1. The zero-order valence-corrected chi connectivity index (χ0v) is 24.5. The number of halogens is 9. The Balaban J connectivity index is 0.000000215. The van der Waals surface area contributed by atoms with Crippen LogP contribution in [0, 0.1) is 19.3 Å². The summed E-state index contributed by atoms with van der Waals surface area (Å²) in [5.74, 6) is -0.799. The van der Waals surface area contributed by atoms with Gasteiger partial charge in [0.1, 0.15) is 22.8 Å². The van der Waals surface area contributed by atoms with Gasteiger partial charge in [-0.25, -0.2) is 0 Å². The van der Waals surface area contributed by atoms with Crippen molar-refractivity contribution in [2.45, 2.75) is 49.8 Å². The van der Waals surface area contributed by atoms with Gasteiger partial charge in [-0.1, -0.05) is 12.1 Å². The molecule has 0 unspecified atom stereocenters. The van der Waals surface area contributed by atoms with E-state index in [4.69, 9.17) is 9.53 Å². The van der Waals surface area contributed by atoms with Crippen molar-refractivity contribution in [1.29, 1.82) is 0 Å². The number of carbonyl (C=O) groups is 3. The van der Waals surface area contributed by atoms with E-state index in [0.29, 0.717) is 18.6 Å². The van der Waals surface area contributed by atoms with Gasteiger partial charge in [-0.3, -0.25) is 24.2 Å². The zero-order valence-electron chi connectivity index (χ0n) is 23.1. The van der Waals surface area contributed by atoms with Crippen LogP contribution in [0.25, 0.3) is 0 Å². The Kier molecular flexibility index (Phi) is 9.81. The van der Waals surface area contributed by atoms with Gasteiger partial charge in [-0.15, -0.1) is 0 Å². The second-order valence-corrected chi connectivity index (χ2v) is 10.3. The van der Waals surface area contributed by atoms with E-state index in [1.54, 1.807) is 24.3 Å². The fourth-order valence-electron chi connectivity index (χ4n) is 5.39. The average Bonchev–Trinajstić information content (AvgIpc) is 3.74. The van der Waals surface area contributed by atoms with Crippen molar-refractivity contribution < 1.29 is 77.2 Å². The number of nitrogens with one attached hydrogen (secondary N) is 1. The molecule has 243 valence electrons. The van der Waals surface area contributed by atoms with E-state index in [1.165, 1.54) is 11.8 Å². The van der Waals surface area contributed by atoms with E-state index in [-0.39, 0.29) is 90.3 Å². The van der Waals surface area contributed by atoms with Gasteiger partial charge < -0.3 is 12.2 Å². The maximum absolute atomic E-state index is 13.2. The normalized spacial score (nSPS) is 21.7. The van der Waals surface area contributed by atoms with Crippen molar-refractivity contribution in [3.8, 4) is 5.75 Å². The molecule has 45 heavy (non-hydrogen) atoms. The summed E-state index contributed by atoms with van der Waals surface area (Å²) >= 11 is 0. The Hall–Kier alpha value is -3.60. The second kappa shape index (κ2) is 12.3. The van der Waals surface area contributed by atoms with Crippen molar-refractivity contribution >= 4 is 17.9 Å². The van der Waals surface area contributed by atoms with Crippen LogP contribution >= 0.6 is 0 Å². The van der Waals surface area contributed by atoms with Crippen molar-refractivity contribution in [3.63, 3.8) is 0 Å². The molecule has 1 N–H and O–H groups in total. The third-order valence-corrected chi connectivity index (χ3v) is 7.43. The summed E-state index contributed by atoms with van der Waals surface area (Å²) in [4.78, 5) is 32.3. The zero-order chi connectivity index (χ0) is 31.6. The minimum absolute atomic E-state index is 0. The van der Waals surface area contributed by atoms with E-state index >= 15 is 0 Å². The molecule has 2 heterocycles. The molecule has 2 saturated carbocycles. The molecular formula is C27H22F9N4O4V-. The standard InChI is InChI=1S/C16H13F3N2O2.C8H5F3N2O.C2HF3O.CH3.V/c1-23-9-4-2-8(3-5-9)7-21-13-12(10-6-11(10)14(13)22)15(20-21)16(17,18)19;9-8(10,11)7-4-2-1-3(2)6(14)5(4)12-13-7;3-2(4,5)1-6;;/h2-5,10-11H,6-7H2,1H3;2-3H,1H2,(H,12,13);1H;1H3;/q;;;-1;/t10-,11+;2-,3+;;;/m00.../s1. The van der Waals surface area contributed by atoms with Crippen LogP contribution in [0.5, 0.6) is 5.75 Å². The fourth-order valence-corrected chi connectivity index (χ4v) is 5.39. The van der Waals surface area contributed by atoms with Crippen LogP contribution in [0.15, 0.2) is 24.3 Å². The van der Waals surface area contributed by atoms with Gasteiger partial charge in [0.25, 0.3) is 0 Å². The van der Waals surface area contributed by atoms with Gasteiger partial charge in [0, 0.05) is 41.5 Å². The van der Waals surface area contributed by atoms with E-state index < -0.39 is 36.2 Å². The van der Waals surface area contributed by atoms with Crippen LogP contribution in [0.4, 0.5) is 39.5 Å². The number of alkyl halides is 9. The first-order valence-corrected chi connectivity index (χ1v) is 12.5. The van der Waals surface area contributed by atoms with Crippen LogP contribution in [0.2, 0.25) is 0 Å². The molecular weight excluding hydrogens is 666 g/mol. The summed E-state index contributed by atoms with van der Waals surface area (Å²) in [7, 11) is 1.54. The minimum Gasteiger partial charge on any atom is -0.497 e. The van der Waals surface area contributed by atoms with Crippen molar-refractivity contribution in [2.24, 2.45) is 11.8 Å². The van der Waals surface area contributed by atoms with Crippen LogP contribution in [-0.2, 0) is 42.2 Å². The van der Waals surface area contributed by atoms with E-state index in [0.717, 1.165) is 5.56 Å². The number of rotatable bonds is 3. The van der Waals surface area contributed by atoms with Gasteiger partial charge in [-0.2, -0.15) is 49.7 Å². The van der Waals surface area contributed by atoms with Crippen molar-refractivity contribution in [3.05, 3.63) is 71.2 Å². The number of benzene rings is 1. The third-order valence-electron chi connectivity index (χ3n) is 7.43. The first kappa shape index (κ1) is 35.9. The number of H-pyrrole nitrogens is 1. The maximum atomic E-state index is 13.2. The molecule has 8 nitrogen and oxygen atoms in total. The molecule has 7 rings (SSSR count). The number of hydrogen-bond donors (Lipinski definition) is 1. The Morgan fingerprint density at radius 3 is 1.91 bits per heavy atom. The van der Waals surface area contributed by atoms with E-state index in [9.17, 15) is 49.1 Å². The number of hydrogen-bond acceptors (Lipinski definition) is 6. The Bertz CT molecular complexity index is 1590. The number of aromatic amines is 1. The van der Waals surface area contributed by atoms with Gasteiger partial charge in [0.05, 0.1) is 13.7 Å². The summed E-state index contributed by atoms with van der Waals surface area (Å²) in [6.45, 7) is 0.133. The summed E-state index contributed by atoms with van der Waals surface area (Å²) in [5, 5.41) is 9.05. The average molecular weight is 688 g/mol. The molecule has 18 heteroatoms. The molecule has 4 atom stereocenters. The van der Waals surface area contributed by atoms with Crippen molar-refractivity contribution in [1.82, 2.24) is 20.0 Å². The molecule has 0 amide bonds. The number of methoxy groups -OCH3 is 1. The van der Waals surface area contributed by atoms with Crippen LogP contribution < -0.4 is 4.74 Å². The molecule has 2 aromatic heterocycles. The number of nitrogens with zero attached hydrogens (tertiary/aromatic N) is 3. The summed E-state index contributed by atoms with van der Waals surface area (Å²) in [5.41, 5.74) is -0.662. The Labute approximate surface area is 260 Å². The molecule has 4 aliphatic carbocycles. The van der Waals surface area contributed by atoms with Gasteiger partial charge >= 0.3 is 18.5 Å². The summed E-state index contributed by atoms with van der Waals surface area (Å²) in [6, 6.07) is 6.95. The first-order chi connectivity index (χ1) is 20.0.